The van der Waals surface area contributed by atoms with Gasteiger partial charge >= 0.3 is 5.97 Å². The maximum atomic E-state index is 14.4. The topological polar surface area (TPSA) is 76.2 Å². The predicted octanol–water partition coefficient (Wildman–Crippen LogP) is 6.82. The van der Waals surface area contributed by atoms with Gasteiger partial charge in [-0.05, 0) is 100 Å². The summed E-state index contributed by atoms with van der Waals surface area (Å²) in [5.41, 5.74) is 3.58. The zero-order valence-corrected chi connectivity index (χ0v) is 28.4. The Morgan fingerprint density at radius 1 is 0.957 bits per heavy atom. The molecule has 0 N–H and O–H groups in total. The third kappa shape index (κ3) is 6.25. The molecule has 7 rings (SSSR count). The molecule has 2 saturated carbocycles. The highest BCUT2D eigenvalue weighted by Gasteiger charge is 2.66. The molecule has 5 atom stereocenters. The number of amides is 1. The van der Waals surface area contributed by atoms with Crippen LogP contribution in [0.1, 0.15) is 108 Å². The van der Waals surface area contributed by atoms with Crippen molar-refractivity contribution in [2.24, 2.45) is 11.8 Å². The quantitative estimate of drug-likeness (QED) is 0.144. The normalized spacial score (nSPS) is 27.9. The molecule has 3 aliphatic carbocycles. The van der Waals surface area contributed by atoms with Crippen molar-refractivity contribution in [3.8, 4) is 11.5 Å². The first kappa shape index (κ1) is 32.4. The van der Waals surface area contributed by atoms with Crippen molar-refractivity contribution < 1.29 is 23.9 Å². The molecule has 2 aromatic rings. The average Bonchev–Trinajstić information content (AvgIpc) is 3.41. The van der Waals surface area contributed by atoms with Crippen LogP contribution in [-0.4, -0.2) is 65.3 Å². The Hall–Kier alpha value is -3.19. The highest BCUT2D eigenvalue weighted by molar-refractivity contribution is 5.78. The number of carbonyl (C=O) groups excluding carboxylic acids is 3. The Kier molecular flexibility index (Phi) is 9.46. The van der Waals surface area contributed by atoms with Gasteiger partial charge in [-0.25, -0.2) is 0 Å². The summed E-state index contributed by atoms with van der Waals surface area (Å²) in [6.45, 7) is 5.27. The van der Waals surface area contributed by atoms with Crippen LogP contribution in [0.5, 0.6) is 11.5 Å². The van der Waals surface area contributed by atoms with Crippen LogP contribution >= 0.6 is 0 Å². The molecule has 252 valence electrons. The molecule has 0 aromatic heterocycles. The molecule has 2 heterocycles. The van der Waals surface area contributed by atoms with E-state index in [0.29, 0.717) is 30.6 Å². The van der Waals surface area contributed by atoms with Gasteiger partial charge in [0.05, 0.1) is 12.6 Å². The Morgan fingerprint density at radius 3 is 2.53 bits per heavy atom. The third-order valence-corrected chi connectivity index (χ3v) is 12.2. The van der Waals surface area contributed by atoms with E-state index in [9.17, 15) is 14.4 Å². The molecule has 2 aliphatic heterocycles. The van der Waals surface area contributed by atoms with Crippen molar-refractivity contribution in [1.29, 1.82) is 0 Å². The second-order valence-electron chi connectivity index (χ2n) is 15.1. The summed E-state index contributed by atoms with van der Waals surface area (Å²) < 4.78 is 12.9. The largest absolute Gasteiger partial charge is 0.483 e. The van der Waals surface area contributed by atoms with Gasteiger partial charge in [-0.2, -0.15) is 0 Å². The van der Waals surface area contributed by atoms with Crippen LogP contribution in [-0.2, 0) is 32.6 Å². The Labute approximate surface area is 280 Å². The third-order valence-electron chi connectivity index (χ3n) is 12.2. The van der Waals surface area contributed by atoms with E-state index in [2.05, 4.69) is 46.2 Å². The smallest absolute Gasteiger partial charge is 0.308 e. The molecule has 1 spiro atoms. The lowest BCUT2D eigenvalue weighted by molar-refractivity contribution is -0.145. The number of rotatable bonds is 12. The van der Waals surface area contributed by atoms with E-state index < -0.39 is 0 Å². The Balaban J connectivity index is 1.17. The molecule has 2 aromatic carbocycles. The van der Waals surface area contributed by atoms with Crippen molar-refractivity contribution >= 4 is 17.7 Å². The molecule has 3 fully saturated rings. The highest BCUT2D eigenvalue weighted by Crippen LogP contribution is 2.64. The summed E-state index contributed by atoms with van der Waals surface area (Å²) in [6.07, 6.45) is 14.3. The maximum Gasteiger partial charge on any atom is 0.308 e. The number of ketones is 1. The molecule has 7 heteroatoms. The van der Waals surface area contributed by atoms with Gasteiger partial charge < -0.3 is 14.4 Å². The van der Waals surface area contributed by atoms with Gasteiger partial charge in [-0.3, -0.25) is 19.3 Å². The molecule has 7 nitrogen and oxygen atoms in total. The first-order valence-electron chi connectivity index (χ1n) is 18.4. The first-order chi connectivity index (χ1) is 22.8. The van der Waals surface area contributed by atoms with Crippen molar-refractivity contribution in [2.45, 2.75) is 127 Å². The van der Waals surface area contributed by atoms with Crippen LogP contribution in [0.2, 0.25) is 0 Å². The lowest BCUT2D eigenvalue weighted by atomic mass is 9.51. The molecular formula is C40H52N2O5. The number of aryl methyl sites for hydroxylation is 1. The summed E-state index contributed by atoms with van der Waals surface area (Å²) >= 11 is 0. The minimum Gasteiger partial charge on any atom is -0.483 e. The van der Waals surface area contributed by atoms with Crippen LogP contribution in [0.4, 0.5) is 0 Å². The molecule has 1 saturated heterocycles. The number of hydrogen-bond acceptors (Lipinski definition) is 6. The van der Waals surface area contributed by atoms with Gasteiger partial charge in [0.15, 0.2) is 11.5 Å². The summed E-state index contributed by atoms with van der Waals surface area (Å²) in [6, 6.07) is 14.9. The summed E-state index contributed by atoms with van der Waals surface area (Å²) in [5, 5.41) is 0. The maximum absolute atomic E-state index is 14.4. The van der Waals surface area contributed by atoms with Crippen molar-refractivity contribution in [3.63, 3.8) is 0 Å². The number of nitrogens with zero attached hydrogens (tertiary/aromatic N) is 2. The van der Waals surface area contributed by atoms with Gasteiger partial charge in [0.2, 0.25) is 5.91 Å². The van der Waals surface area contributed by atoms with Gasteiger partial charge in [-0.1, -0.05) is 62.1 Å². The zero-order valence-electron chi connectivity index (χ0n) is 28.4. The van der Waals surface area contributed by atoms with Gasteiger partial charge in [0, 0.05) is 36.9 Å². The van der Waals surface area contributed by atoms with Gasteiger partial charge in [-0.15, -0.1) is 0 Å². The Morgan fingerprint density at radius 2 is 1.77 bits per heavy atom. The van der Waals surface area contributed by atoms with Crippen molar-refractivity contribution in [1.82, 2.24) is 9.80 Å². The van der Waals surface area contributed by atoms with E-state index >= 15 is 0 Å². The number of esters is 1. The number of Topliss-reactive ketones (excluding diaryl/α,β-unsaturated/α-hetero) is 1. The number of benzene rings is 2. The lowest BCUT2D eigenvalue weighted by Crippen LogP contribution is -2.69. The molecule has 0 unspecified atom stereocenters. The molecule has 2 bridgehead atoms. The second-order valence-corrected chi connectivity index (χ2v) is 15.1. The minimum absolute atomic E-state index is 0.0199. The van der Waals surface area contributed by atoms with Crippen LogP contribution in [0.25, 0.3) is 0 Å². The predicted molar refractivity (Wildman–Crippen MR) is 182 cm³/mol. The van der Waals surface area contributed by atoms with Crippen LogP contribution in [0.3, 0.4) is 0 Å². The van der Waals surface area contributed by atoms with Gasteiger partial charge in [0.25, 0.3) is 0 Å². The summed E-state index contributed by atoms with van der Waals surface area (Å²) in [7, 11) is 0. The fraction of sp³-hybridized carbons (Fsp3) is 0.625. The number of piperidine rings is 1. The van der Waals surface area contributed by atoms with Crippen LogP contribution in [0, 0.1) is 11.8 Å². The van der Waals surface area contributed by atoms with E-state index in [1.165, 1.54) is 55.7 Å². The second kappa shape index (κ2) is 13.7. The number of likely N-dealkylation sites (tertiary alicyclic amines) is 1. The monoisotopic (exact) mass is 640 g/mol. The number of ether oxygens (including phenoxy) is 2. The lowest BCUT2D eigenvalue weighted by Gasteiger charge is -2.60. The van der Waals surface area contributed by atoms with Gasteiger partial charge in [0.1, 0.15) is 11.9 Å². The fourth-order valence-electron chi connectivity index (χ4n) is 10.3. The van der Waals surface area contributed by atoms with Crippen LogP contribution in [0.15, 0.2) is 42.5 Å². The SMILES string of the molecule is CC(=O)CN1CC[C@]23c4c5ccc(OC(C)=O)c4O[C@H]2[C@@H](N(CC2CCCCC2)C(=O)CCCCCc2ccccc2)CC[C@H]3[C@H]1C5. The summed E-state index contributed by atoms with van der Waals surface area (Å²) in [5.74, 6) is 2.23. The van der Waals surface area contributed by atoms with E-state index in [4.69, 9.17) is 9.47 Å². The molecular weight excluding hydrogens is 588 g/mol. The number of hydrogen-bond donors (Lipinski definition) is 0. The number of unbranched alkanes of at least 4 members (excludes halogenated alkanes) is 2. The molecule has 47 heavy (non-hydrogen) atoms. The highest BCUT2D eigenvalue weighted by atomic mass is 16.6. The van der Waals surface area contributed by atoms with Crippen LogP contribution < -0.4 is 9.47 Å². The first-order valence-corrected chi connectivity index (χ1v) is 18.4. The van der Waals surface area contributed by atoms with E-state index in [1.54, 1.807) is 6.92 Å². The van der Waals surface area contributed by atoms with Crippen molar-refractivity contribution in [2.75, 3.05) is 19.6 Å². The zero-order chi connectivity index (χ0) is 32.5. The van der Waals surface area contributed by atoms with E-state index in [-0.39, 0.29) is 41.3 Å². The molecule has 0 radical (unpaired) electrons. The Bertz CT molecular complexity index is 1470. The average molecular weight is 641 g/mol. The van der Waals surface area contributed by atoms with Crippen molar-refractivity contribution in [3.05, 3.63) is 59.2 Å². The van der Waals surface area contributed by atoms with E-state index in [1.807, 2.05) is 6.07 Å². The standard InChI is InChI=1S/C40H52N2O5/c1-27(43)25-41-23-22-40-32-19-20-33(39(40)47-38-35(46-28(2)44)21-18-31(37(38)40)24-34(32)41)42(26-30-15-9-4-10-16-30)36(45)17-11-5-8-14-29-12-6-3-7-13-29/h3,6-7,12-13,18,21,30,32-34,39H,4-5,8-11,14-17,19-20,22-26H2,1-2H3/t32-,33-,34+,39-,40-/m0/s1. The number of carbonyl (C=O) groups is 3. The fourth-order valence-corrected chi connectivity index (χ4v) is 10.3. The van der Waals surface area contributed by atoms with E-state index in [0.717, 1.165) is 70.2 Å². The molecule has 1 amide bonds. The molecule has 5 aliphatic rings. The summed E-state index contributed by atoms with van der Waals surface area (Å²) in [4.78, 5) is 43.6. The minimum atomic E-state index is -0.350.